The highest BCUT2D eigenvalue weighted by Gasteiger charge is 2.15. The Bertz CT molecular complexity index is 1060. The average Bonchev–Trinajstić information content (AvgIpc) is 2.73. The van der Waals surface area contributed by atoms with Crippen molar-refractivity contribution in [3.05, 3.63) is 70.4 Å². The first kappa shape index (κ1) is 20.6. The third-order valence-electron chi connectivity index (χ3n) is 5.53. The molecule has 2 aromatic carbocycles. The number of hydrogen-bond donors (Lipinski definition) is 2. The van der Waals surface area contributed by atoms with Gasteiger partial charge in [0, 0.05) is 61.4 Å². The first-order chi connectivity index (χ1) is 14.5. The van der Waals surface area contributed by atoms with Crippen molar-refractivity contribution >= 4 is 34.1 Å². The lowest BCUT2D eigenvalue weighted by Crippen LogP contribution is -2.43. The number of benzene rings is 2. The van der Waals surface area contributed by atoms with Gasteiger partial charge in [-0.25, -0.2) is 4.98 Å². The number of aromatic nitrogens is 1. The maximum atomic E-state index is 12.8. The fourth-order valence-corrected chi connectivity index (χ4v) is 4.04. The van der Waals surface area contributed by atoms with E-state index in [9.17, 15) is 4.79 Å². The van der Waals surface area contributed by atoms with Gasteiger partial charge < -0.3 is 16.0 Å². The number of carbonyl (C=O) groups is 1. The lowest BCUT2D eigenvalue weighted by molar-refractivity contribution is 0.0950. The van der Waals surface area contributed by atoms with Gasteiger partial charge in [-0.15, -0.1) is 0 Å². The molecule has 1 aromatic heterocycles. The van der Waals surface area contributed by atoms with Crippen LogP contribution in [0.25, 0.3) is 10.8 Å². The summed E-state index contributed by atoms with van der Waals surface area (Å²) in [5.41, 5.74) is 8.55. The Labute approximate surface area is 181 Å². The number of pyridine rings is 1. The van der Waals surface area contributed by atoms with Crippen LogP contribution in [0.4, 0.5) is 5.82 Å². The summed E-state index contributed by atoms with van der Waals surface area (Å²) in [5, 5.41) is 5.50. The summed E-state index contributed by atoms with van der Waals surface area (Å²) >= 11 is 6.31. The highest BCUT2D eigenvalue weighted by molar-refractivity contribution is 6.31. The number of anilines is 1. The molecule has 0 radical (unpaired) electrons. The first-order valence-corrected chi connectivity index (χ1v) is 10.5. The summed E-state index contributed by atoms with van der Waals surface area (Å²) in [6, 6.07) is 13.4. The van der Waals surface area contributed by atoms with Crippen LogP contribution < -0.4 is 11.1 Å². The monoisotopic (exact) mass is 423 g/mol. The van der Waals surface area contributed by atoms with Gasteiger partial charge in [0.05, 0.1) is 0 Å². The van der Waals surface area contributed by atoms with Crippen LogP contribution >= 0.6 is 11.6 Å². The molecule has 2 heterocycles. The Balaban J connectivity index is 1.42. The van der Waals surface area contributed by atoms with E-state index in [4.69, 9.17) is 17.3 Å². The summed E-state index contributed by atoms with van der Waals surface area (Å²) in [6.45, 7) is 5.38. The number of piperazine rings is 1. The van der Waals surface area contributed by atoms with Crippen molar-refractivity contribution in [1.82, 2.24) is 20.1 Å². The summed E-state index contributed by atoms with van der Waals surface area (Å²) in [7, 11) is 2.14. The minimum atomic E-state index is -0.133. The number of amides is 1. The van der Waals surface area contributed by atoms with E-state index in [1.807, 2.05) is 36.4 Å². The molecule has 6 nitrogen and oxygen atoms in total. The lowest BCUT2D eigenvalue weighted by atomic mass is 10.1. The molecule has 30 heavy (non-hydrogen) atoms. The zero-order chi connectivity index (χ0) is 21.1. The zero-order valence-corrected chi connectivity index (χ0v) is 17.8. The van der Waals surface area contributed by atoms with Crippen molar-refractivity contribution in [2.45, 2.75) is 13.1 Å². The van der Waals surface area contributed by atoms with E-state index in [1.165, 1.54) is 0 Å². The number of carbonyl (C=O) groups excluding carboxylic acids is 1. The number of fused-ring (bicyclic) bond motifs is 1. The van der Waals surface area contributed by atoms with Crippen molar-refractivity contribution in [2.24, 2.45) is 0 Å². The summed E-state index contributed by atoms with van der Waals surface area (Å²) in [4.78, 5) is 21.6. The normalized spacial score (nSPS) is 15.4. The van der Waals surface area contributed by atoms with Crippen molar-refractivity contribution in [2.75, 3.05) is 39.0 Å². The number of nitrogens with two attached hydrogens (primary N) is 1. The number of rotatable bonds is 5. The first-order valence-electron chi connectivity index (χ1n) is 10.1. The number of likely N-dealkylation sites (N-methyl/N-ethyl adjacent to an activating group) is 1. The van der Waals surface area contributed by atoms with Crippen molar-refractivity contribution in [3.63, 3.8) is 0 Å². The van der Waals surface area contributed by atoms with E-state index in [-0.39, 0.29) is 5.91 Å². The molecule has 0 atom stereocenters. The smallest absolute Gasteiger partial charge is 0.251 e. The largest absolute Gasteiger partial charge is 0.383 e. The molecular formula is C23H26ClN5O. The van der Waals surface area contributed by atoms with Gasteiger partial charge in [-0.05, 0) is 53.9 Å². The predicted octanol–water partition coefficient (Wildman–Crippen LogP) is 3.15. The molecule has 0 unspecified atom stereocenters. The van der Waals surface area contributed by atoms with E-state index in [0.29, 0.717) is 22.9 Å². The molecule has 0 bridgehead atoms. The molecule has 1 aliphatic heterocycles. The number of nitrogens with zero attached hydrogens (tertiary/aromatic N) is 3. The Kier molecular flexibility index (Phi) is 6.18. The number of hydrogen-bond acceptors (Lipinski definition) is 5. The van der Waals surface area contributed by atoms with Crippen LogP contribution in [-0.4, -0.2) is 53.9 Å². The van der Waals surface area contributed by atoms with E-state index >= 15 is 0 Å². The van der Waals surface area contributed by atoms with Crippen LogP contribution in [-0.2, 0) is 13.1 Å². The molecule has 1 saturated heterocycles. The van der Waals surface area contributed by atoms with Crippen LogP contribution in [0.2, 0.25) is 5.02 Å². The molecule has 0 saturated carbocycles. The summed E-state index contributed by atoms with van der Waals surface area (Å²) in [5.74, 6) is 0.376. The Hall–Kier alpha value is -2.67. The molecule has 1 fully saturated rings. The van der Waals surface area contributed by atoms with Crippen LogP contribution in [0.15, 0.2) is 48.7 Å². The van der Waals surface area contributed by atoms with E-state index in [2.05, 4.69) is 27.1 Å². The summed E-state index contributed by atoms with van der Waals surface area (Å²) < 4.78 is 0. The second-order valence-electron chi connectivity index (χ2n) is 7.86. The molecule has 1 aliphatic rings. The third kappa shape index (κ3) is 4.90. The van der Waals surface area contributed by atoms with Crippen LogP contribution in [0.5, 0.6) is 0 Å². The predicted molar refractivity (Wildman–Crippen MR) is 122 cm³/mol. The Morgan fingerprint density at radius 3 is 2.70 bits per heavy atom. The van der Waals surface area contributed by atoms with Crippen molar-refractivity contribution in [1.29, 1.82) is 0 Å². The standard InChI is InChI=1S/C23H26ClN5O/c1-28-6-8-29(9-7-28)15-17-11-19(13-20(24)12-17)23(30)27-14-16-2-3-21-18(10-16)4-5-26-22(21)25/h2-5,10-13H,6-9,14-15H2,1H3,(H2,25,26)(H,27,30). The van der Waals surface area contributed by atoms with Gasteiger partial charge in [0.2, 0.25) is 0 Å². The third-order valence-corrected chi connectivity index (χ3v) is 5.75. The van der Waals surface area contributed by atoms with Crippen molar-refractivity contribution in [3.8, 4) is 0 Å². The molecule has 7 heteroatoms. The SMILES string of the molecule is CN1CCN(Cc2cc(Cl)cc(C(=O)NCc3ccc4c(N)nccc4c3)c2)CC1. The fourth-order valence-electron chi connectivity index (χ4n) is 3.78. The Morgan fingerprint density at radius 1 is 1.10 bits per heavy atom. The highest BCUT2D eigenvalue weighted by Crippen LogP contribution is 2.21. The van der Waals surface area contributed by atoms with Gasteiger partial charge in [-0.3, -0.25) is 9.69 Å². The van der Waals surface area contributed by atoms with Gasteiger partial charge in [-0.1, -0.05) is 23.7 Å². The lowest BCUT2D eigenvalue weighted by Gasteiger charge is -2.32. The molecule has 1 amide bonds. The molecule has 0 spiro atoms. The molecule has 0 aliphatic carbocycles. The van der Waals surface area contributed by atoms with Crippen LogP contribution in [0, 0.1) is 0 Å². The van der Waals surface area contributed by atoms with Crippen LogP contribution in [0.1, 0.15) is 21.5 Å². The maximum absolute atomic E-state index is 12.8. The van der Waals surface area contributed by atoms with Gasteiger partial charge in [0.15, 0.2) is 0 Å². The zero-order valence-electron chi connectivity index (χ0n) is 17.1. The Morgan fingerprint density at radius 2 is 1.90 bits per heavy atom. The molecule has 3 N–H and O–H groups in total. The molecule has 156 valence electrons. The second kappa shape index (κ2) is 9.00. The van der Waals surface area contributed by atoms with Crippen LogP contribution in [0.3, 0.4) is 0 Å². The minimum Gasteiger partial charge on any atom is -0.383 e. The number of nitrogens with one attached hydrogen (secondary N) is 1. The highest BCUT2D eigenvalue weighted by atomic mass is 35.5. The average molecular weight is 424 g/mol. The van der Waals surface area contributed by atoms with Gasteiger partial charge in [0.25, 0.3) is 5.91 Å². The number of nitrogen functional groups attached to an aromatic ring is 1. The molecule has 3 aromatic rings. The molecule has 4 rings (SSSR count). The van der Waals surface area contributed by atoms with Gasteiger partial charge in [-0.2, -0.15) is 0 Å². The van der Waals surface area contributed by atoms with E-state index < -0.39 is 0 Å². The summed E-state index contributed by atoms with van der Waals surface area (Å²) in [6.07, 6.45) is 1.69. The van der Waals surface area contributed by atoms with E-state index in [0.717, 1.165) is 54.6 Å². The quantitative estimate of drug-likeness (QED) is 0.659. The van der Waals surface area contributed by atoms with Gasteiger partial charge in [0.1, 0.15) is 5.82 Å². The fraction of sp³-hybridized carbons (Fsp3) is 0.304. The maximum Gasteiger partial charge on any atom is 0.251 e. The topological polar surface area (TPSA) is 74.5 Å². The van der Waals surface area contributed by atoms with Crippen molar-refractivity contribution < 1.29 is 4.79 Å². The minimum absolute atomic E-state index is 0.133. The molecular weight excluding hydrogens is 398 g/mol. The second-order valence-corrected chi connectivity index (χ2v) is 8.30. The van der Waals surface area contributed by atoms with Gasteiger partial charge >= 0.3 is 0 Å². The van der Waals surface area contributed by atoms with E-state index in [1.54, 1.807) is 12.3 Å². The number of halogens is 1.